The van der Waals surface area contributed by atoms with Gasteiger partial charge in [-0.1, -0.05) is 60.9 Å². The van der Waals surface area contributed by atoms with Gasteiger partial charge in [0, 0.05) is 41.7 Å². The number of carbonyl (C=O) groups excluding carboxylic acids is 1. The summed E-state index contributed by atoms with van der Waals surface area (Å²) in [6.07, 6.45) is 21.6. The standard InChI is InChI=1S/C30H35ClN4O/c31-25-8-1-2-9-26(21-25)33-30(36)35(28-12-6-19-34(20-17-28)27-10-3-4-11-27)29-15-13-23(14-16-29)24-7-5-18-32-22-24/h1-2,5,7-9,13-16,18,21-22,26-28H,3-4,6,10-12,17,19-20H2,(H,33,36). The first kappa shape index (κ1) is 24.8. The lowest BCUT2D eigenvalue weighted by Crippen LogP contribution is -2.49. The van der Waals surface area contributed by atoms with Gasteiger partial charge in [0.15, 0.2) is 0 Å². The normalized spacial score (nSPS) is 23.1. The fraction of sp³-hybridized carbons (Fsp3) is 0.400. The van der Waals surface area contributed by atoms with E-state index < -0.39 is 0 Å². The van der Waals surface area contributed by atoms with Crippen molar-refractivity contribution in [2.24, 2.45) is 0 Å². The number of amides is 2. The summed E-state index contributed by atoms with van der Waals surface area (Å²) < 4.78 is 0. The summed E-state index contributed by atoms with van der Waals surface area (Å²) in [6, 6.07) is 12.8. The van der Waals surface area contributed by atoms with Crippen molar-refractivity contribution in [1.82, 2.24) is 15.2 Å². The molecule has 1 aromatic carbocycles. The molecule has 2 heterocycles. The summed E-state index contributed by atoms with van der Waals surface area (Å²) in [5, 5.41) is 3.82. The Balaban J connectivity index is 1.38. The minimum absolute atomic E-state index is 0.0827. The van der Waals surface area contributed by atoms with E-state index in [0.29, 0.717) is 5.03 Å². The molecule has 0 spiro atoms. The summed E-state index contributed by atoms with van der Waals surface area (Å²) in [5.41, 5.74) is 3.08. The highest BCUT2D eigenvalue weighted by atomic mass is 35.5. The van der Waals surface area contributed by atoms with E-state index in [1.54, 1.807) is 6.20 Å². The third-order valence-electron chi connectivity index (χ3n) is 7.61. The van der Waals surface area contributed by atoms with Gasteiger partial charge in [-0.15, -0.1) is 0 Å². The van der Waals surface area contributed by atoms with E-state index in [4.69, 9.17) is 11.6 Å². The maximum absolute atomic E-state index is 13.8. The van der Waals surface area contributed by atoms with Gasteiger partial charge in [-0.2, -0.15) is 0 Å². The number of benzene rings is 1. The van der Waals surface area contributed by atoms with Crippen molar-refractivity contribution in [3.63, 3.8) is 0 Å². The number of halogens is 1. The maximum atomic E-state index is 13.8. The number of nitrogens with one attached hydrogen (secondary N) is 1. The molecule has 1 saturated heterocycles. The van der Waals surface area contributed by atoms with Crippen molar-refractivity contribution in [2.75, 3.05) is 18.0 Å². The molecule has 0 bridgehead atoms. The lowest BCUT2D eigenvalue weighted by molar-refractivity contribution is 0.205. The lowest BCUT2D eigenvalue weighted by atomic mass is 10.0. The van der Waals surface area contributed by atoms with Crippen LogP contribution in [0.1, 0.15) is 44.9 Å². The minimum atomic E-state index is -0.252. The van der Waals surface area contributed by atoms with Gasteiger partial charge >= 0.3 is 6.03 Å². The maximum Gasteiger partial charge on any atom is 0.322 e. The molecular formula is C30H35ClN4O. The Bertz CT molecular complexity index is 1110. The van der Waals surface area contributed by atoms with Crippen molar-refractivity contribution in [2.45, 2.75) is 63.1 Å². The van der Waals surface area contributed by atoms with Gasteiger partial charge in [0.25, 0.3) is 0 Å². The fourth-order valence-electron chi connectivity index (χ4n) is 5.75. The van der Waals surface area contributed by atoms with Crippen LogP contribution in [0.4, 0.5) is 10.5 Å². The molecule has 6 heteroatoms. The summed E-state index contributed by atoms with van der Waals surface area (Å²) in [4.78, 5) is 22.7. The second kappa shape index (κ2) is 11.9. The average Bonchev–Trinajstić information content (AvgIpc) is 3.23. The third-order valence-corrected chi connectivity index (χ3v) is 7.86. The molecule has 1 aromatic heterocycles. The number of hydrogen-bond donors (Lipinski definition) is 1. The van der Waals surface area contributed by atoms with Crippen LogP contribution >= 0.6 is 11.6 Å². The Morgan fingerprint density at radius 1 is 0.972 bits per heavy atom. The number of urea groups is 1. The predicted octanol–water partition coefficient (Wildman–Crippen LogP) is 6.68. The zero-order valence-electron chi connectivity index (χ0n) is 20.7. The van der Waals surface area contributed by atoms with Crippen LogP contribution in [0.25, 0.3) is 11.1 Å². The molecule has 0 radical (unpaired) electrons. The zero-order chi connectivity index (χ0) is 24.7. The smallest absolute Gasteiger partial charge is 0.322 e. The summed E-state index contributed by atoms with van der Waals surface area (Å²) in [7, 11) is 0. The second-order valence-corrected chi connectivity index (χ2v) is 10.4. The van der Waals surface area contributed by atoms with Crippen LogP contribution in [0.3, 0.4) is 0 Å². The lowest BCUT2D eigenvalue weighted by Gasteiger charge is -2.33. The molecule has 2 unspecified atom stereocenters. The number of aromatic nitrogens is 1. The van der Waals surface area contributed by atoms with Crippen LogP contribution in [0.2, 0.25) is 0 Å². The number of likely N-dealkylation sites (tertiary alicyclic amines) is 1. The molecule has 188 valence electrons. The average molecular weight is 503 g/mol. The largest absolute Gasteiger partial charge is 0.328 e. The predicted molar refractivity (Wildman–Crippen MR) is 148 cm³/mol. The van der Waals surface area contributed by atoms with E-state index in [2.05, 4.69) is 45.5 Å². The van der Waals surface area contributed by atoms with Gasteiger partial charge < -0.3 is 10.2 Å². The van der Waals surface area contributed by atoms with E-state index in [1.165, 1.54) is 25.7 Å². The number of carbonyl (C=O) groups is 1. The molecule has 1 saturated carbocycles. The van der Waals surface area contributed by atoms with Crippen molar-refractivity contribution in [3.05, 3.63) is 84.2 Å². The first-order chi connectivity index (χ1) is 17.7. The highest BCUT2D eigenvalue weighted by Crippen LogP contribution is 2.30. The zero-order valence-corrected chi connectivity index (χ0v) is 21.5. The van der Waals surface area contributed by atoms with Crippen LogP contribution in [-0.2, 0) is 0 Å². The second-order valence-electron chi connectivity index (χ2n) is 9.99. The van der Waals surface area contributed by atoms with Crippen molar-refractivity contribution in [3.8, 4) is 11.1 Å². The Hall–Kier alpha value is -2.89. The molecule has 1 aliphatic heterocycles. The molecule has 36 heavy (non-hydrogen) atoms. The van der Waals surface area contributed by atoms with Gasteiger partial charge in [0.2, 0.25) is 0 Å². The molecule has 2 atom stereocenters. The number of anilines is 1. The number of pyridine rings is 1. The van der Waals surface area contributed by atoms with Crippen molar-refractivity contribution in [1.29, 1.82) is 0 Å². The Morgan fingerprint density at radius 2 is 1.81 bits per heavy atom. The first-order valence-corrected chi connectivity index (χ1v) is 13.6. The van der Waals surface area contributed by atoms with Crippen LogP contribution in [0, 0.1) is 0 Å². The quantitative estimate of drug-likeness (QED) is 0.496. The number of nitrogens with zero attached hydrogens (tertiary/aromatic N) is 3. The molecule has 5 rings (SSSR count). The topological polar surface area (TPSA) is 48.5 Å². The molecule has 2 amide bonds. The van der Waals surface area contributed by atoms with Crippen molar-refractivity contribution < 1.29 is 4.79 Å². The van der Waals surface area contributed by atoms with Crippen LogP contribution in [0.5, 0.6) is 0 Å². The Kier molecular flexibility index (Phi) is 8.19. The highest BCUT2D eigenvalue weighted by Gasteiger charge is 2.31. The van der Waals surface area contributed by atoms with Crippen LogP contribution < -0.4 is 10.2 Å². The van der Waals surface area contributed by atoms with E-state index >= 15 is 0 Å². The van der Waals surface area contributed by atoms with Gasteiger partial charge in [0.05, 0.1) is 6.04 Å². The molecule has 2 aromatic rings. The molecule has 5 nitrogen and oxygen atoms in total. The Labute approximate surface area is 219 Å². The SMILES string of the molecule is O=C(NC1C=CC=CC(Cl)=C1)N(c1ccc(-c2cccnc2)cc1)C1CCCN(C2CCCC2)CC1. The van der Waals surface area contributed by atoms with E-state index in [-0.39, 0.29) is 18.1 Å². The molecule has 2 fully saturated rings. The summed E-state index contributed by atoms with van der Waals surface area (Å²) in [6.45, 7) is 2.18. The fourth-order valence-corrected chi connectivity index (χ4v) is 5.96. The van der Waals surface area contributed by atoms with Gasteiger partial charge in [-0.25, -0.2) is 4.79 Å². The van der Waals surface area contributed by atoms with E-state index in [0.717, 1.165) is 55.2 Å². The number of allylic oxidation sites excluding steroid dienone is 4. The van der Waals surface area contributed by atoms with Crippen LogP contribution in [0.15, 0.2) is 84.2 Å². The van der Waals surface area contributed by atoms with Crippen LogP contribution in [-0.4, -0.2) is 47.1 Å². The first-order valence-electron chi connectivity index (χ1n) is 13.2. The Morgan fingerprint density at radius 3 is 2.58 bits per heavy atom. The van der Waals surface area contributed by atoms with Crippen molar-refractivity contribution >= 4 is 23.3 Å². The molecule has 3 aliphatic rings. The summed E-state index contributed by atoms with van der Waals surface area (Å²) in [5.74, 6) is 0. The van der Waals surface area contributed by atoms with E-state index in [9.17, 15) is 4.79 Å². The van der Waals surface area contributed by atoms with Gasteiger partial charge in [-0.05, 0) is 80.1 Å². The number of rotatable bonds is 5. The molecule has 1 N–H and O–H groups in total. The van der Waals surface area contributed by atoms with E-state index in [1.807, 2.05) is 47.5 Å². The van der Waals surface area contributed by atoms with Gasteiger partial charge in [0.1, 0.15) is 0 Å². The van der Waals surface area contributed by atoms with Gasteiger partial charge in [-0.3, -0.25) is 9.88 Å². The molecule has 2 aliphatic carbocycles. The third kappa shape index (κ3) is 6.08. The highest BCUT2D eigenvalue weighted by molar-refractivity contribution is 6.31. The minimum Gasteiger partial charge on any atom is -0.328 e. The monoisotopic (exact) mass is 502 g/mol. The molecular weight excluding hydrogens is 468 g/mol. The number of hydrogen-bond acceptors (Lipinski definition) is 3. The summed E-state index contributed by atoms with van der Waals surface area (Å²) >= 11 is 6.28.